The third kappa shape index (κ3) is 1.72. The fourth-order valence-corrected chi connectivity index (χ4v) is 2.36. The van der Waals surface area contributed by atoms with Crippen molar-refractivity contribution in [2.75, 3.05) is 6.61 Å². The van der Waals surface area contributed by atoms with Crippen LogP contribution in [0.2, 0.25) is 0 Å². The van der Waals surface area contributed by atoms with Gasteiger partial charge in [-0.15, -0.1) is 0 Å². The van der Waals surface area contributed by atoms with Crippen LogP contribution in [0.1, 0.15) is 6.23 Å². The summed E-state index contributed by atoms with van der Waals surface area (Å²) in [4.78, 5) is 0. The molecule has 96 valence electrons. The predicted octanol–water partition coefficient (Wildman–Crippen LogP) is 0.253. The highest BCUT2D eigenvalue weighted by Crippen LogP contribution is 2.28. The summed E-state index contributed by atoms with van der Waals surface area (Å²) in [6, 6.07) is 9.64. The van der Waals surface area contributed by atoms with Crippen molar-refractivity contribution < 1.29 is 20.1 Å². The van der Waals surface area contributed by atoms with E-state index < -0.39 is 24.5 Å². The molecule has 0 amide bonds. The molecule has 1 saturated heterocycles. The molecule has 1 aromatic heterocycles. The Morgan fingerprint density at radius 1 is 1.06 bits per heavy atom. The highest BCUT2D eigenvalue weighted by molar-refractivity contribution is 5.80. The minimum Gasteiger partial charge on any atom is -0.388 e. The van der Waals surface area contributed by atoms with Crippen LogP contribution in [0.25, 0.3) is 10.9 Å². The van der Waals surface area contributed by atoms with Gasteiger partial charge in [-0.1, -0.05) is 18.2 Å². The summed E-state index contributed by atoms with van der Waals surface area (Å²) >= 11 is 0. The fourth-order valence-electron chi connectivity index (χ4n) is 2.36. The first-order valence-corrected chi connectivity index (χ1v) is 5.90. The van der Waals surface area contributed by atoms with E-state index >= 15 is 0 Å². The SMILES string of the molecule is O[C@@H]1[C@H](O)[C@H](O)CO[C@H]1n1ccc2ccccc21. The van der Waals surface area contributed by atoms with Crippen LogP contribution in [0.4, 0.5) is 0 Å². The Bertz CT molecular complexity index is 553. The van der Waals surface area contributed by atoms with Gasteiger partial charge in [-0.25, -0.2) is 0 Å². The van der Waals surface area contributed by atoms with Gasteiger partial charge < -0.3 is 24.6 Å². The van der Waals surface area contributed by atoms with Crippen LogP contribution in [0.3, 0.4) is 0 Å². The summed E-state index contributed by atoms with van der Waals surface area (Å²) in [5, 5.41) is 30.1. The number of rotatable bonds is 1. The molecule has 0 saturated carbocycles. The van der Waals surface area contributed by atoms with Gasteiger partial charge in [0.05, 0.1) is 12.1 Å². The van der Waals surface area contributed by atoms with E-state index in [4.69, 9.17) is 4.74 Å². The molecule has 0 radical (unpaired) electrons. The standard InChI is InChI=1S/C13H15NO4/c15-10-7-18-13(12(17)11(10)16)14-6-5-8-3-1-2-4-9(8)14/h1-6,10-13,15-17H,7H2/t10-,11-,12-,13-/m1/s1. The summed E-state index contributed by atoms with van der Waals surface area (Å²) < 4.78 is 7.20. The zero-order valence-electron chi connectivity index (χ0n) is 9.68. The molecule has 5 nitrogen and oxygen atoms in total. The Balaban J connectivity index is 1.99. The Labute approximate surface area is 104 Å². The van der Waals surface area contributed by atoms with Gasteiger partial charge in [0.15, 0.2) is 6.23 Å². The van der Waals surface area contributed by atoms with Gasteiger partial charge in [0, 0.05) is 6.20 Å². The summed E-state index contributed by atoms with van der Waals surface area (Å²) in [6.07, 6.45) is -2.25. The van der Waals surface area contributed by atoms with Crippen molar-refractivity contribution in [1.29, 1.82) is 0 Å². The Hall–Kier alpha value is -1.40. The first kappa shape index (κ1) is 11.7. The van der Waals surface area contributed by atoms with Crippen molar-refractivity contribution >= 4 is 10.9 Å². The van der Waals surface area contributed by atoms with E-state index in [2.05, 4.69) is 0 Å². The van der Waals surface area contributed by atoms with Crippen molar-refractivity contribution in [2.24, 2.45) is 0 Å². The van der Waals surface area contributed by atoms with Gasteiger partial charge in [0.2, 0.25) is 0 Å². The maximum Gasteiger partial charge on any atom is 0.162 e. The molecule has 5 heteroatoms. The Morgan fingerprint density at radius 3 is 2.67 bits per heavy atom. The number of benzene rings is 1. The van der Waals surface area contributed by atoms with Crippen LogP contribution in [0.5, 0.6) is 0 Å². The smallest absolute Gasteiger partial charge is 0.162 e. The monoisotopic (exact) mass is 249 g/mol. The molecule has 3 rings (SSSR count). The molecule has 3 N–H and O–H groups in total. The normalized spacial score (nSPS) is 32.8. The lowest BCUT2D eigenvalue weighted by Gasteiger charge is -2.36. The number of aromatic nitrogens is 1. The van der Waals surface area contributed by atoms with E-state index in [1.807, 2.05) is 36.5 Å². The second kappa shape index (κ2) is 4.37. The van der Waals surface area contributed by atoms with E-state index in [1.165, 1.54) is 0 Å². The molecule has 0 bridgehead atoms. The largest absolute Gasteiger partial charge is 0.388 e. The number of nitrogens with zero attached hydrogens (tertiary/aromatic N) is 1. The number of aliphatic hydroxyl groups excluding tert-OH is 3. The molecule has 0 spiro atoms. The van der Waals surface area contributed by atoms with Crippen LogP contribution in [0, 0.1) is 0 Å². The average molecular weight is 249 g/mol. The minimum atomic E-state index is -1.19. The van der Waals surface area contributed by atoms with Crippen LogP contribution in [-0.2, 0) is 4.74 Å². The number of aliphatic hydroxyl groups is 3. The van der Waals surface area contributed by atoms with Crippen LogP contribution in [-0.4, -0.2) is 44.8 Å². The van der Waals surface area contributed by atoms with E-state index in [0.717, 1.165) is 10.9 Å². The van der Waals surface area contributed by atoms with Gasteiger partial charge in [-0.05, 0) is 17.5 Å². The molecule has 0 unspecified atom stereocenters. The van der Waals surface area contributed by atoms with Crippen molar-refractivity contribution in [3.05, 3.63) is 36.5 Å². The highest BCUT2D eigenvalue weighted by atomic mass is 16.5. The van der Waals surface area contributed by atoms with Crippen LogP contribution < -0.4 is 0 Å². The number of ether oxygens (including phenoxy) is 1. The molecule has 4 atom stereocenters. The lowest BCUT2D eigenvalue weighted by atomic mass is 10.0. The molecular weight excluding hydrogens is 234 g/mol. The van der Waals surface area contributed by atoms with Gasteiger partial charge in [0.1, 0.15) is 18.3 Å². The summed E-state index contributed by atoms with van der Waals surface area (Å²) in [7, 11) is 0. The third-order valence-electron chi connectivity index (χ3n) is 3.38. The molecule has 1 aliphatic heterocycles. The minimum absolute atomic E-state index is 0.00933. The Kier molecular flexibility index (Phi) is 2.83. The summed E-state index contributed by atoms with van der Waals surface area (Å²) in [5.41, 5.74) is 0.921. The lowest BCUT2D eigenvalue weighted by Crippen LogP contribution is -2.50. The van der Waals surface area contributed by atoms with Crippen molar-refractivity contribution in [3.8, 4) is 0 Å². The van der Waals surface area contributed by atoms with Crippen molar-refractivity contribution in [1.82, 2.24) is 4.57 Å². The first-order valence-electron chi connectivity index (χ1n) is 5.90. The fraction of sp³-hybridized carbons (Fsp3) is 0.385. The van der Waals surface area contributed by atoms with E-state index in [-0.39, 0.29) is 6.61 Å². The molecule has 2 aromatic rings. The van der Waals surface area contributed by atoms with Crippen LogP contribution in [0.15, 0.2) is 36.5 Å². The quantitative estimate of drug-likeness (QED) is 0.677. The Morgan fingerprint density at radius 2 is 1.83 bits per heavy atom. The van der Waals surface area contributed by atoms with Gasteiger partial charge in [0.25, 0.3) is 0 Å². The maximum atomic E-state index is 9.98. The number of hydrogen-bond acceptors (Lipinski definition) is 4. The number of hydrogen-bond donors (Lipinski definition) is 3. The van der Waals surface area contributed by atoms with Crippen molar-refractivity contribution in [3.63, 3.8) is 0 Å². The van der Waals surface area contributed by atoms with E-state index in [0.29, 0.717) is 0 Å². The predicted molar refractivity (Wildman–Crippen MR) is 64.9 cm³/mol. The molecule has 18 heavy (non-hydrogen) atoms. The zero-order valence-corrected chi connectivity index (χ0v) is 9.68. The molecular formula is C13H15NO4. The van der Waals surface area contributed by atoms with Gasteiger partial charge in [-0.2, -0.15) is 0 Å². The molecule has 1 aromatic carbocycles. The van der Waals surface area contributed by atoms with Gasteiger partial charge >= 0.3 is 0 Å². The first-order chi connectivity index (χ1) is 8.68. The number of para-hydroxylation sites is 1. The molecule has 1 fully saturated rings. The topological polar surface area (TPSA) is 74.8 Å². The zero-order chi connectivity index (χ0) is 12.7. The molecule has 1 aliphatic rings. The van der Waals surface area contributed by atoms with E-state index in [1.54, 1.807) is 4.57 Å². The van der Waals surface area contributed by atoms with Crippen LogP contribution >= 0.6 is 0 Å². The molecule has 0 aliphatic carbocycles. The second-order valence-electron chi connectivity index (χ2n) is 4.55. The average Bonchev–Trinajstić information content (AvgIpc) is 2.80. The number of fused-ring (bicyclic) bond motifs is 1. The summed E-state index contributed by atoms with van der Waals surface area (Å²) in [6.45, 7) is 0.00933. The second-order valence-corrected chi connectivity index (χ2v) is 4.55. The van der Waals surface area contributed by atoms with Crippen molar-refractivity contribution in [2.45, 2.75) is 24.5 Å². The van der Waals surface area contributed by atoms with Gasteiger partial charge in [-0.3, -0.25) is 0 Å². The maximum absolute atomic E-state index is 9.98. The van der Waals surface area contributed by atoms with E-state index in [9.17, 15) is 15.3 Å². The lowest BCUT2D eigenvalue weighted by molar-refractivity contribution is -0.209. The highest BCUT2D eigenvalue weighted by Gasteiger charge is 2.38. The summed E-state index contributed by atoms with van der Waals surface area (Å²) in [5.74, 6) is 0. The third-order valence-corrected chi connectivity index (χ3v) is 3.38. The molecule has 2 heterocycles.